The smallest absolute Gasteiger partial charge is 0.0129 e. The molecule has 0 heterocycles. The maximum absolute atomic E-state index is 2.39. The normalized spacial score (nSPS) is 32.7. The molecule has 1 aliphatic rings. The van der Waals surface area contributed by atoms with Crippen molar-refractivity contribution in [3.63, 3.8) is 0 Å². The quantitative estimate of drug-likeness (QED) is 0.613. The fourth-order valence-electron chi connectivity index (χ4n) is 2.01. The molecule has 1 aliphatic carbocycles. The minimum atomic E-state index is 0.519. The summed E-state index contributed by atoms with van der Waals surface area (Å²) in [5.41, 5.74) is 0. The molecule has 11 heavy (non-hydrogen) atoms. The standard InChI is InChI=1S/C10H20S/c1-8-5-6-9(7-8)10(2,3)11-4/h8-9H,5-7H2,1-4H3/t8-,9?/m0/s1. The Labute approximate surface area is 75.1 Å². The molecule has 1 fully saturated rings. The SMILES string of the molecule is CSC(C)(C)C1CC[C@H](C)C1. The lowest BCUT2D eigenvalue weighted by atomic mass is 9.92. The van der Waals surface area contributed by atoms with Crippen molar-refractivity contribution in [2.75, 3.05) is 6.26 Å². The highest BCUT2D eigenvalue weighted by atomic mass is 32.2. The first-order valence-corrected chi connectivity index (χ1v) is 5.84. The molecule has 1 rings (SSSR count). The summed E-state index contributed by atoms with van der Waals surface area (Å²) < 4.78 is 0.519. The Kier molecular flexibility index (Phi) is 2.90. The number of hydrogen-bond donors (Lipinski definition) is 0. The van der Waals surface area contributed by atoms with Crippen LogP contribution in [0.2, 0.25) is 0 Å². The van der Waals surface area contributed by atoms with E-state index >= 15 is 0 Å². The Hall–Kier alpha value is 0.350. The average Bonchev–Trinajstić information content (AvgIpc) is 2.36. The van der Waals surface area contributed by atoms with Gasteiger partial charge in [-0.25, -0.2) is 0 Å². The first-order chi connectivity index (χ1) is 5.06. The first-order valence-electron chi connectivity index (χ1n) is 4.61. The predicted octanol–water partition coefficient (Wildman–Crippen LogP) is 3.56. The third-order valence-electron chi connectivity index (χ3n) is 3.20. The Balaban J connectivity index is 2.48. The largest absolute Gasteiger partial charge is 0.159 e. The Morgan fingerprint density at radius 3 is 2.27 bits per heavy atom. The van der Waals surface area contributed by atoms with E-state index in [1.807, 2.05) is 11.8 Å². The van der Waals surface area contributed by atoms with Gasteiger partial charge in [-0.3, -0.25) is 0 Å². The van der Waals surface area contributed by atoms with E-state index in [0.29, 0.717) is 4.75 Å². The van der Waals surface area contributed by atoms with Crippen LogP contribution < -0.4 is 0 Å². The molecular formula is C10H20S. The molecule has 1 heteroatoms. The molecule has 0 aromatic heterocycles. The van der Waals surface area contributed by atoms with Crippen molar-refractivity contribution >= 4 is 11.8 Å². The summed E-state index contributed by atoms with van der Waals surface area (Å²) >= 11 is 2.03. The van der Waals surface area contributed by atoms with Gasteiger partial charge in [0.25, 0.3) is 0 Å². The maximum Gasteiger partial charge on any atom is 0.0129 e. The molecule has 1 unspecified atom stereocenters. The monoisotopic (exact) mass is 172 g/mol. The van der Waals surface area contributed by atoms with Gasteiger partial charge in [0.2, 0.25) is 0 Å². The van der Waals surface area contributed by atoms with E-state index in [2.05, 4.69) is 27.0 Å². The van der Waals surface area contributed by atoms with Crippen LogP contribution in [-0.4, -0.2) is 11.0 Å². The van der Waals surface area contributed by atoms with E-state index in [-0.39, 0.29) is 0 Å². The topological polar surface area (TPSA) is 0 Å². The van der Waals surface area contributed by atoms with E-state index < -0.39 is 0 Å². The van der Waals surface area contributed by atoms with Gasteiger partial charge in [0.1, 0.15) is 0 Å². The zero-order valence-electron chi connectivity index (χ0n) is 8.18. The summed E-state index contributed by atoms with van der Waals surface area (Å²) in [4.78, 5) is 0. The molecule has 0 aromatic rings. The number of rotatable bonds is 2. The van der Waals surface area contributed by atoms with Gasteiger partial charge in [0.15, 0.2) is 0 Å². The summed E-state index contributed by atoms with van der Waals surface area (Å²) in [5.74, 6) is 1.94. The van der Waals surface area contributed by atoms with Gasteiger partial charge in [0, 0.05) is 4.75 Å². The van der Waals surface area contributed by atoms with Gasteiger partial charge in [-0.15, -0.1) is 0 Å². The molecule has 2 atom stereocenters. The molecule has 0 nitrogen and oxygen atoms in total. The van der Waals surface area contributed by atoms with Crippen molar-refractivity contribution in [3.8, 4) is 0 Å². The lowest BCUT2D eigenvalue weighted by Crippen LogP contribution is -2.24. The fourth-order valence-corrected chi connectivity index (χ4v) is 2.55. The van der Waals surface area contributed by atoms with Crippen molar-refractivity contribution in [1.82, 2.24) is 0 Å². The first kappa shape index (κ1) is 9.44. The molecule has 0 amide bonds. The molecule has 66 valence electrons. The second-order valence-corrected chi connectivity index (χ2v) is 5.88. The molecule has 0 spiro atoms. The van der Waals surface area contributed by atoms with Crippen LogP contribution in [0.15, 0.2) is 0 Å². The maximum atomic E-state index is 2.39. The second kappa shape index (κ2) is 3.38. The van der Waals surface area contributed by atoms with Crippen LogP contribution in [0.4, 0.5) is 0 Å². The molecule has 0 radical (unpaired) electrons. The van der Waals surface area contributed by atoms with Gasteiger partial charge >= 0.3 is 0 Å². The van der Waals surface area contributed by atoms with E-state index in [4.69, 9.17) is 0 Å². The highest BCUT2D eigenvalue weighted by Crippen LogP contribution is 2.43. The third kappa shape index (κ3) is 2.14. The Bertz CT molecular complexity index is 129. The summed E-state index contributed by atoms with van der Waals surface area (Å²) in [6.45, 7) is 7.16. The van der Waals surface area contributed by atoms with Crippen molar-refractivity contribution in [1.29, 1.82) is 0 Å². The van der Waals surface area contributed by atoms with E-state index in [1.54, 1.807) is 0 Å². The Morgan fingerprint density at radius 1 is 1.27 bits per heavy atom. The van der Waals surface area contributed by atoms with Crippen LogP contribution in [0, 0.1) is 11.8 Å². The lowest BCUT2D eigenvalue weighted by Gasteiger charge is -2.29. The number of hydrogen-bond acceptors (Lipinski definition) is 1. The van der Waals surface area contributed by atoms with Gasteiger partial charge in [0.05, 0.1) is 0 Å². The minimum absolute atomic E-state index is 0.519. The fraction of sp³-hybridized carbons (Fsp3) is 1.00. The summed E-state index contributed by atoms with van der Waals surface area (Å²) in [7, 11) is 0. The zero-order valence-corrected chi connectivity index (χ0v) is 9.00. The van der Waals surface area contributed by atoms with E-state index in [9.17, 15) is 0 Å². The van der Waals surface area contributed by atoms with Gasteiger partial charge < -0.3 is 0 Å². The van der Waals surface area contributed by atoms with Crippen LogP contribution in [0.1, 0.15) is 40.0 Å². The molecule has 0 aliphatic heterocycles. The van der Waals surface area contributed by atoms with E-state index in [0.717, 1.165) is 11.8 Å². The Morgan fingerprint density at radius 2 is 1.91 bits per heavy atom. The van der Waals surface area contributed by atoms with Crippen LogP contribution >= 0.6 is 11.8 Å². The summed E-state index contributed by atoms with van der Waals surface area (Å²) in [6, 6.07) is 0. The molecule has 1 saturated carbocycles. The van der Waals surface area contributed by atoms with Crippen molar-refractivity contribution < 1.29 is 0 Å². The van der Waals surface area contributed by atoms with Crippen molar-refractivity contribution in [3.05, 3.63) is 0 Å². The van der Waals surface area contributed by atoms with Gasteiger partial charge in [-0.1, -0.05) is 27.2 Å². The average molecular weight is 172 g/mol. The minimum Gasteiger partial charge on any atom is -0.159 e. The molecular weight excluding hydrogens is 152 g/mol. The highest BCUT2D eigenvalue weighted by molar-refractivity contribution is 7.99. The van der Waals surface area contributed by atoms with Crippen LogP contribution in [0.3, 0.4) is 0 Å². The summed E-state index contributed by atoms with van der Waals surface area (Å²) in [6.07, 6.45) is 6.60. The third-order valence-corrected chi connectivity index (χ3v) is 4.59. The lowest BCUT2D eigenvalue weighted by molar-refractivity contribution is 0.422. The van der Waals surface area contributed by atoms with Crippen molar-refractivity contribution in [2.24, 2.45) is 11.8 Å². The molecule has 0 aromatic carbocycles. The number of thioether (sulfide) groups is 1. The predicted molar refractivity (Wildman–Crippen MR) is 54.1 cm³/mol. The summed E-state index contributed by atoms with van der Waals surface area (Å²) in [5, 5.41) is 0. The molecule has 0 N–H and O–H groups in total. The van der Waals surface area contributed by atoms with Gasteiger partial charge in [-0.2, -0.15) is 11.8 Å². The van der Waals surface area contributed by atoms with Gasteiger partial charge in [-0.05, 0) is 30.9 Å². The second-order valence-electron chi connectivity index (χ2n) is 4.42. The van der Waals surface area contributed by atoms with E-state index in [1.165, 1.54) is 19.3 Å². The van der Waals surface area contributed by atoms with Crippen molar-refractivity contribution in [2.45, 2.75) is 44.8 Å². The highest BCUT2D eigenvalue weighted by Gasteiger charge is 2.33. The van der Waals surface area contributed by atoms with Crippen LogP contribution in [0.25, 0.3) is 0 Å². The van der Waals surface area contributed by atoms with Crippen LogP contribution in [-0.2, 0) is 0 Å². The molecule has 0 saturated heterocycles. The molecule has 0 bridgehead atoms. The van der Waals surface area contributed by atoms with Crippen LogP contribution in [0.5, 0.6) is 0 Å². The zero-order chi connectivity index (χ0) is 8.48.